The normalized spacial score (nSPS) is 14.0. The predicted molar refractivity (Wildman–Crippen MR) is 138 cm³/mol. The van der Waals surface area contributed by atoms with Crippen LogP contribution >= 0.6 is 11.6 Å². The monoisotopic (exact) mass is 473 g/mol. The van der Waals surface area contributed by atoms with Crippen molar-refractivity contribution in [3.05, 3.63) is 70.7 Å². The van der Waals surface area contributed by atoms with Gasteiger partial charge in [0.25, 0.3) is 0 Å². The van der Waals surface area contributed by atoms with Crippen molar-refractivity contribution in [1.82, 2.24) is 20.1 Å². The topological polar surface area (TPSA) is 63.2 Å². The minimum atomic E-state index is 0.476. The minimum Gasteiger partial charge on any atom is -0.497 e. The summed E-state index contributed by atoms with van der Waals surface area (Å²) < 4.78 is 5.37. The minimum absolute atomic E-state index is 0.476. The molecule has 0 amide bonds. The first-order valence-corrected chi connectivity index (χ1v) is 12.0. The van der Waals surface area contributed by atoms with E-state index in [1.165, 1.54) is 31.5 Å². The Morgan fingerprint density at radius 3 is 2.50 bits per heavy atom. The molecule has 1 saturated heterocycles. The molecule has 34 heavy (non-hydrogen) atoms. The van der Waals surface area contributed by atoms with Crippen LogP contribution in [0.5, 0.6) is 5.75 Å². The Morgan fingerprint density at radius 1 is 0.941 bits per heavy atom. The second-order valence-electron chi connectivity index (χ2n) is 8.76. The van der Waals surface area contributed by atoms with Crippen LogP contribution in [-0.2, 0) is 6.42 Å². The third kappa shape index (κ3) is 4.98. The Balaban J connectivity index is 1.33. The van der Waals surface area contributed by atoms with Crippen molar-refractivity contribution in [1.29, 1.82) is 0 Å². The number of anilines is 2. The Hall–Kier alpha value is -3.22. The fourth-order valence-corrected chi connectivity index (χ4v) is 4.67. The summed E-state index contributed by atoms with van der Waals surface area (Å²) in [4.78, 5) is 7.22. The summed E-state index contributed by atoms with van der Waals surface area (Å²) in [6, 6.07) is 18.1. The average Bonchev–Trinajstić information content (AvgIpc) is 3.37. The molecule has 1 N–H and O–H groups in total. The van der Waals surface area contributed by atoms with Crippen LogP contribution in [0.15, 0.2) is 54.6 Å². The first-order chi connectivity index (χ1) is 16.6. The molecule has 1 aliphatic heterocycles. The number of aromatic nitrogens is 3. The largest absolute Gasteiger partial charge is 0.497 e. The van der Waals surface area contributed by atoms with E-state index < -0.39 is 0 Å². The van der Waals surface area contributed by atoms with Crippen LogP contribution < -0.4 is 10.1 Å². The molecule has 0 radical (unpaired) electrons. The molecule has 1 fully saturated rings. The third-order valence-corrected chi connectivity index (χ3v) is 6.72. The summed E-state index contributed by atoms with van der Waals surface area (Å²) in [5, 5.41) is 12.6. The van der Waals surface area contributed by atoms with Crippen LogP contribution in [0.1, 0.15) is 24.0 Å². The first kappa shape index (κ1) is 22.6. The van der Waals surface area contributed by atoms with E-state index in [9.17, 15) is 0 Å². The molecule has 4 aromatic rings. The highest BCUT2D eigenvalue weighted by Gasteiger charge is 2.13. The molecule has 7 heteroatoms. The maximum atomic E-state index is 6.47. The van der Waals surface area contributed by atoms with Gasteiger partial charge in [-0.25, -0.2) is 4.98 Å². The van der Waals surface area contributed by atoms with Crippen LogP contribution in [0, 0.1) is 6.92 Å². The molecule has 0 aliphatic carbocycles. The summed E-state index contributed by atoms with van der Waals surface area (Å²) in [6.45, 7) is 5.65. The standard InChI is InChI=1S/C27H28ClN5O/c1-18-15-25-26(17-22(18)23-16-21(34-2)9-10-24(23)28)31-32-27(30-25)29-20-7-5-19(6-8-20)11-14-33-12-3-4-13-33/h5-10,15-17H,3-4,11-14H2,1-2H3,(H,29,30,32). The summed E-state index contributed by atoms with van der Waals surface area (Å²) in [6.07, 6.45) is 3.74. The zero-order valence-corrected chi connectivity index (χ0v) is 20.3. The van der Waals surface area contributed by atoms with Crippen LogP contribution in [-0.4, -0.2) is 46.8 Å². The van der Waals surface area contributed by atoms with Gasteiger partial charge in [0, 0.05) is 22.8 Å². The predicted octanol–water partition coefficient (Wildman–Crippen LogP) is 6.04. The molecule has 6 nitrogen and oxygen atoms in total. The number of methoxy groups -OCH3 is 1. The third-order valence-electron chi connectivity index (χ3n) is 6.39. The number of halogens is 1. The van der Waals surface area contributed by atoms with Gasteiger partial charge in [-0.2, -0.15) is 0 Å². The number of nitrogens with zero attached hydrogens (tertiary/aromatic N) is 4. The summed E-state index contributed by atoms with van der Waals surface area (Å²) in [5.74, 6) is 1.23. The molecule has 2 heterocycles. The van der Waals surface area contributed by atoms with Gasteiger partial charge in [-0.05, 0) is 98.4 Å². The van der Waals surface area contributed by atoms with Gasteiger partial charge < -0.3 is 15.0 Å². The van der Waals surface area contributed by atoms with E-state index in [1.807, 2.05) is 37.3 Å². The van der Waals surface area contributed by atoms with Gasteiger partial charge in [0.2, 0.25) is 5.95 Å². The quantitative estimate of drug-likeness (QED) is 0.353. The number of ether oxygens (including phenoxy) is 1. The van der Waals surface area contributed by atoms with E-state index in [0.29, 0.717) is 16.5 Å². The molecular formula is C27H28ClN5O. The highest BCUT2D eigenvalue weighted by molar-refractivity contribution is 6.33. The lowest BCUT2D eigenvalue weighted by atomic mass is 9.99. The van der Waals surface area contributed by atoms with Crippen molar-refractivity contribution >= 4 is 34.3 Å². The lowest BCUT2D eigenvalue weighted by molar-refractivity contribution is 0.343. The highest BCUT2D eigenvalue weighted by Crippen LogP contribution is 2.35. The van der Waals surface area contributed by atoms with E-state index in [1.54, 1.807) is 7.11 Å². The zero-order chi connectivity index (χ0) is 23.5. The lowest BCUT2D eigenvalue weighted by Gasteiger charge is -2.14. The van der Waals surface area contributed by atoms with Crippen molar-refractivity contribution in [2.45, 2.75) is 26.2 Å². The second kappa shape index (κ2) is 9.95. The van der Waals surface area contributed by atoms with E-state index in [2.05, 4.69) is 49.7 Å². The van der Waals surface area contributed by atoms with Crippen molar-refractivity contribution in [3.63, 3.8) is 0 Å². The SMILES string of the molecule is COc1ccc(Cl)c(-c2cc3nnc(Nc4ccc(CCN5CCCC5)cc4)nc3cc2C)c1. The number of likely N-dealkylation sites (tertiary alicyclic amines) is 1. The molecule has 1 aliphatic rings. The molecule has 0 atom stereocenters. The molecule has 5 rings (SSSR count). The zero-order valence-electron chi connectivity index (χ0n) is 19.5. The number of benzene rings is 3. The number of hydrogen-bond donors (Lipinski definition) is 1. The number of rotatable bonds is 7. The number of fused-ring (bicyclic) bond motifs is 1. The maximum absolute atomic E-state index is 6.47. The van der Waals surface area contributed by atoms with Gasteiger partial charge >= 0.3 is 0 Å². The van der Waals surface area contributed by atoms with Gasteiger partial charge in [-0.15, -0.1) is 10.2 Å². The average molecular weight is 474 g/mol. The second-order valence-corrected chi connectivity index (χ2v) is 9.16. The molecule has 0 spiro atoms. The molecule has 1 aromatic heterocycles. The summed E-state index contributed by atoms with van der Waals surface area (Å²) in [7, 11) is 1.65. The van der Waals surface area contributed by atoms with Gasteiger partial charge in [-0.3, -0.25) is 0 Å². The van der Waals surface area contributed by atoms with E-state index in [-0.39, 0.29) is 0 Å². The molecule has 0 saturated carbocycles. The van der Waals surface area contributed by atoms with Crippen molar-refractivity contribution in [2.75, 3.05) is 32.1 Å². The summed E-state index contributed by atoms with van der Waals surface area (Å²) in [5.41, 5.74) is 6.71. The molecule has 174 valence electrons. The molecular weight excluding hydrogens is 446 g/mol. The van der Waals surface area contributed by atoms with E-state index in [4.69, 9.17) is 16.3 Å². The van der Waals surface area contributed by atoms with Crippen LogP contribution in [0.2, 0.25) is 5.02 Å². The fraction of sp³-hybridized carbons (Fsp3) is 0.296. The van der Waals surface area contributed by atoms with Gasteiger partial charge in [0.15, 0.2) is 0 Å². The molecule has 0 unspecified atom stereocenters. The lowest BCUT2D eigenvalue weighted by Crippen LogP contribution is -2.21. The number of aryl methyl sites for hydroxylation is 1. The van der Waals surface area contributed by atoms with E-state index >= 15 is 0 Å². The Kier molecular flexibility index (Phi) is 6.61. The Bertz CT molecular complexity index is 1300. The van der Waals surface area contributed by atoms with Gasteiger partial charge in [0.05, 0.1) is 12.6 Å². The van der Waals surface area contributed by atoms with Crippen molar-refractivity contribution in [3.8, 4) is 16.9 Å². The van der Waals surface area contributed by atoms with Crippen molar-refractivity contribution in [2.24, 2.45) is 0 Å². The van der Waals surface area contributed by atoms with Gasteiger partial charge in [0.1, 0.15) is 11.3 Å². The fourth-order valence-electron chi connectivity index (χ4n) is 4.45. The van der Waals surface area contributed by atoms with Gasteiger partial charge in [-0.1, -0.05) is 23.7 Å². The van der Waals surface area contributed by atoms with Crippen LogP contribution in [0.25, 0.3) is 22.2 Å². The summed E-state index contributed by atoms with van der Waals surface area (Å²) >= 11 is 6.47. The highest BCUT2D eigenvalue weighted by atomic mass is 35.5. The van der Waals surface area contributed by atoms with Crippen LogP contribution in [0.4, 0.5) is 11.6 Å². The first-order valence-electron chi connectivity index (χ1n) is 11.7. The Labute approximate surface area is 204 Å². The number of nitrogens with one attached hydrogen (secondary N) is 1. The molecule has 3 aromatic carbocycles. The van der Waals surface area contributed by atoms with Crippen molar-refractivity contribution < 1.29 is 4.74 Å². The Morgan fingerprint density at radius 2 is 1.74 bits per heavy atom. The van der Waals surface area contributed by atoms with E-state index in [0.717, 1.165) is 46.6 Å². The number of hydrogen-bond acceptors (Lipinski definition) is 6. The molecule has 0 bridgehead atoms. The smallest absolute Gasteiger partial charge is 0.247 e. The maximum Gasteiger partial charge on any atom is 0.247 e. The van der Waals surface area contributed by atoms with Crippen LogP contribution in [0.3, 0.4) is 0 Å².